The number of amides is 1. The fourth-order valence-corrected chi connectivity index (χ4v) is 8.85. The fourth-order valence-electron chi connectivity index (χ4n) is 4.20. The topological polar surface area (TPSA) is 107 Å². The molecule has 39 heavy (non-hydrogen) atoms. The van der Waals surface area contributed by atoms with E-state index in [2.05, 4.69) is 5.32 Å². The largest absolute Gasteiger partial charge is 0.445 e. The number of rotatable bonds is 11. The average molecular weight is 564 g/mol. The molecule has 1 N–H and O–H groups in total. The zero-order valence-electron chi connectivity index (χ0n) is 21.1. The lowest BCUT2D eigenvalue weighted by molar-refractivity contribution is 0.135. The molecule has 0 aromatic heterocycles. The summed E-state index contributed by atoms with van der Waals surface area (Å²) in [5, 5.41) is 2.72. The summed E-state index contributed by atoms with van der Waals surface area (Å²) < 4.78 is 58.8. The number of hydrogen-bond acceptors (Lipinski definition) is 6. The van der Waals surface area contributed by atoms with Crippen LogP contribution in [-0.4, -0.2) is 33.6 Å². The van der Waals surface area contributed by atoms with Crippen molar-refractivity contribution in [2.75, 3.05) is 0 Å². The van der Waals surface area contributed by atoms with Crippen molar-refractivity contribution in [1.82, 2.24) is 5.32 Å². The van der Waals surface area contributed by atoms with Gasteiger partial charge in [-0.15, -0.1) is 0 Å². The zero-order chi connectivity index (χ0) is 27.7. The molecule has 7 nitrogen and oxygen atoms in total. The van der Waals surface area contributed by atoms with E-state index in [1.165, 1.54) is 24.3 Å². The number of ether oxygens (including phenoxy) is 1. The minimum atomic E-state index is -4.37. The molecule has 4 aromatic rings. The van der Waals surface area contributed by atoms with Gasteiger partial charge in [0.05, 0.1) is 9.79 Å². The van der Waals surface area contributed by atoms with Crippen LogP contribution in [0.2, 0.25) is 0 Å². The molecule has 1 atom stereocenters. The van der Waals surface area contributed by atoms with E-state index in [1.807, 2.05) is 60.7 Å². The molecular formula is C30H29NO6S2. The van der Waals surface area contributed by atoms with Gasteiger partial charge in [-0.25, -0.2) is 21.6 Å². The molecule has 0 spiro atoms. The highest BCUT2D eigenvalue weighted by Gasteiger charge is 2.41. The predicted molar refractivity (Wildman–Crippen MR) is 149 cm³/mol. The third kappa shape index (κ3) is 7.34. The van der Waals surface area contributed by atoms with Gasteiger partial charge in [-0.05, 0) is 48.2 Å². The van der Waals surface area contributed by atoms with Crippen molar-refractivity contribution < 1.29 is 26.4 Å². The Hall–Kier alpha value is -3.95. The van der Waals surface area contributed by atoms with Crippen LogP contribution in [-0.2, 0) is 37.4 Å². The molecule has 9 heteroatoms. The van der Waals surface area contributed by atoms with Gasteiger partial charge in [-0.1, -0.05) is 97.1 Å². The van der Waals surface area contributed by atoms with E-state index < -0.39 is 36.4 Å². The second kappa shape index (κ2) is 12.7. The Morgan fingerprint density at radius 2 is 1.03 bits per heavy atom. The quantitative estimate of drug-likeness (QED) is 0.269. The molecule has 1 amide bonds. The summed E-state index contributed by atoms with van der Waals surface area (Å²) in [6, 6.07) is 32.3. The molecule has 0 aliphatic rings. The normalized spacial score (nSPS) is 12.5. The smallest absolute Gasteiger partial charge is 0.407 e. The third-order valence-electron chi connectivity index (χ3n) is 6.17. The van der Waals surface area contributed by atoms with Crippen LogP contribution in [0.4, 0.5) is 4.79 Å². The van der Waals surface area contributed by atoms with Crippen LogP contribution >= 0.6 is 0 Å². The monoisotopic (exact) mass is 563 g/mol. The van der Waals surface area contributed by atoms with Crippen LogP contribution in [0.15, 0.2) is 131 Å². The zero-order valence-corrected chi connectivity index (χ0v) is 22.7. The Bertz CT molecular complexity index is 1490. The highest BCUT2D eigenvalue weighted by atomic mass is 32.3. The van der Waals surface area contributed by atoms with Gasteiger partial charge < -0.3 is 10.1 Å². The van der Waals surface area contributed by atoms with E-state index in [0.29, 0.717) is 0 Å². The Morgan fingerprint density at radius 3 is 1.49 bits per heavy atom. The molecule has 4 aromatic carbocycles. The lowest BCUT2D eigenvalue weighted by atomic mass is 10.0. The number of hydrogen-bond donors (Lipinski definition) is 1. The van der Waals surface area contributed by atoms with E-state index in [-0.39, 0.29) is 29.2 Å². The van der Waals surface area contributed by atoms with Crippen LogP contribution in [0, 0.1) is 0 Å². The SMILES string of the molecule is O=C(N[C@H](Cc1ccccc1)CC(S(=O)(=O)c1ccccc1)S(=O)(=O)c1ccccc1)OCc1ccccc1. The first kappa shape index (κ1) is 28.1. The third-order valence-corrected chi connectivity index (χ3v) is 11.3. The van der Waals surface area contributed by atoms with Gasteiger partial charge in [0.2, 0.25) is 0 Å². The number of sulfone groups is 2. The summed E-state index contributed by atoms with van der Waals surface area (Å²) in [7, 11) is -8.73. The Morgan fingerprint density at radius 1 is 0.615 bits per heavy atom. The van der Waals surface area contributed by atoms with E-state index in [9.17, 15) is 21.6 Å². The van der Waals surface area contributed by atoms with Gasteiger partial charge in [0, 0.05) is 6.04 Å². The molecule has 0 bridgehead atoms. The summed E-state index contributed by atoms with van der Waals surface area (Å²) in [4.78, 5) is 12.6. The first-order valence-electron chi connectivity index (χ1n) is 12.4. The Kier molecular flexibility index (Phi) is 9.16. The van der Waals surface area contributed by atoms with Gasteiger partial charge in [-0.2, -0.15) is 0 Å². The van der Waals surface area contributed by atoms with Crippen LogP contribution in [0.25, 0.3) is 0 Å². The molecule has 0 unspecified atom stereocenters. The first-order chi connectivity index (χ1) is 18.8. The van der Waals surface area contributed by atoms with Gasteiger partial charge in [0.15, 0.2) is 24.3 Å². The van der Waals surface area contributed by atoms with Crippen molar-refractivity contribution in [3.05, 3.63) is 132 Å². The molecule has 0 aliphatic carbocycles. The van der Waals surface area contributed by atoms with E-state index in [1.54, 1.807) is 36.4 Å². The lowest BCUT2D eigenvalue weighted by Gasteiger charge is -2.25. The molecule has 0 fully saturated rings. The fraction of sp³-hybridized carbons (Fsp3) is 0.167. The van der Waals surface area contributed by atoms with Gasteiger partial charge >= 0.3 is 6.09 Å². The highest BCUT2D eigenvalue weighted by Crippen LogP contribution is 2.29. The van der Waals surface area contributed by atoms with Crippen LogP contribution in [0.3, 0.4) is 0 Å². The average Bonchev–Trinajstić information content (AvgIpc) is 2.96. The Balaban J connectivity index is 1.67. The van der Waals surface area contributed by atoms with Gasteiger partial charge in [0.1, 0.15) is 6.61 Å². The number of benzene rings is 4. The predicted octanol–water partition coefficient (Wildman–Crippen LogP) is 5.19. The van der Waals surface area contributed by atoms with Crippen molar-refractivity contribution in [1.29, 1.82) is 0 Å². The summed E-state index contributed by atoms with van der Waals surface area (Å²) in [5.41, 5.74) is 1.59. The molecule has 0 radical (unpaired) electrons. The summed E-state index contributed by atoms with van der Waals surface area (Å²) >= 11 is 0. The minimum absolute atomic E-state index is 0.0127. The van der Waals surface area contributed by atoms with Crippen molar-refractivity contribution in [3.63, 3.8) is 0 Å². The lowest BCUT2D eigenvalue weighted by Crippen LogP contribution is -2.43. The van der Waals surface area contributed by atoms with Crippen LogP contribution in [0.5, 0.6) is 0 Å². The number of alkyl carbamates (subject to hydrolysis) is 1. The maximum atomic E-state index is 13.8. The molecule has 202 valence electrons. The van der Waals surface area contributed by atoms with Crippen molar-refractivity contribution in [2.24, 2.45) is 0 Å². The van der Waals surface area contributed by atoms with Crippen LogP contribution < -0.4 is 5.32 Å². The number of nitrogens with one attached hydrogen (secondary N) is 1. The second-order valence-corrected chi connectivity index (χ2v) is 13.5. The van der Waals surface area contributed by atoms with Crippen molar-refractivity contribution in [2.45, 2.75) is 39.9 Å². The molecular weight excluding hydrogens is 534 g/mol. The van der Waals surface area contributed by atoms with E-state index >= 15 is 0 Å². The van der Waals surface area contributed by atoms with E-state index in [0.717, 1.165) is 11.1 Å². The summed E-state index contributed by atoms with van der Waals surface area (Å²) in [6.45, 7) is 0.0127. The highest BCUT2D eigenvalue weighted by molar-refractivity contribution is 8.09. The summed E-state index contributed by atoms with van der Waals surface area (Å²) in [5.74, 6) is 0. The minimum Gasteiger partial charge on any atom is -0.445 e. The van der Waals surface area contributed by atoms with E-state index in [4.69, 9.17) is 4.74 Å². The van der Waals surface area contributed by atoms with Crippen molar-refractivity contribution >= 4 is 25.8 Å². The van der Waals surface area contributed by atoms with Crippen molar-refractivity contribution in [3.8, 4) is 0 Å². The second-order valence-electron chi connectivity index (χ2n) is 8.97. The molecule has 0 heterocycles. The number of carbonyl (C=O) groups is 1. The molecule has 4 rings (SSSR count). The standard InChI is InChI=1S/C30H29NO6S2/c32-30(37-23-25-15-7-2-8-16-25)31-26(21-24-13-5-1-6-14-24)22-29(38(33,34)27-17-9-3-10-18-27)39(35,36)28-19-11-4-12-20-28/h1-20,26,29H,21-23H2,(H,31,32)/t26-/m1/s1. The van der Waals surface area contributed by atoms with Gasteiger partial charge in [0.25, 0.3) is 0 Å². The first-order valence-corrected chi connectivity index (χ1v) is 15.4. The van der Waals surface area contributed by atoms with Crippen LogP contribution in [0.1, 0.15) is 17.5 Å². The van der Waals surface area contributed by atoms with Gasteiger partial charge in [-0.3, -0.25) is 0 Å². The maximum absolute atomic E-state index is 13.8. The molecule has 0 saturated heterocycles. The maximum Gasteiger partial charge on any atom is 0.407 e. The molecule has 0 saturated carbocycles. The number of carbonyl (C=O) groups excluding carboxylic acids is 1. The molecule has 0 aliphatic heterocycles. The summed E-state index contributed by atoms with van der Waals surface area (Å²) in [6.07, 6.45) is -0.955. The Labute approximate surface area is 229 Å².